The molecule has 3 aliphatic carbocycles. The molecule has 0 spiro atoms. The number of rotatable bonds is 0. The van der Waals surface area contributed by atoms with E-state index in [1.165, 1.54) is 0 Å². The summed E-state index contributed by atoms with van der Waals surface area (Å²) in [6.45, 7) is 0. The monoisotopic (exact) mass is 284 g/mol. The largest absolute Gasteiger partial charge is 0.294 e. The Kier molecular flexibility index (Phi) is 2.11. The molecular formula is C20H12O2. The van der Waals surface area contributed by atoms with Crippen molar-refractivity contribution in [3.63, 3.8) is 0 Å². The van der Waals surface area contributed by atoms with E-state index in [-0.39, 0.29) is 17.5 Å². The van der Waals surface area contributed by atoms with Gasteiger partial charge in [-0.3, -0.25) is 9.59 Å². The average molecular weight is 284 g/mol. The van der Waals surface area contributed by atoms with Gasteiger partial charge in [0.1, 0.15) is 0 Å². The topological polar surface area (TPSA) is 34.1 Å². The number of allylic oxidation sites excluding steroid dienone is 2. The summed E-state index contributed by atoms with van der Waals surface area (Å²) in [4.78, 5) is 24.6. The lowest BCUT2D eigenvalue weighted by atomic mass is 9.67. The van der Waals surface area contributed by atoms with Gasteiger partial charge in [0.05, 0.1) is 5.92 Å². The van der Waals surface area contributed by atoms with Crippen LogP contribution in [0.15, 0.2) is 48.6 Å². The first-order valence-electron chi connectivity index (χ1n) is 7.46. The van der Waals surface area contributed by atoms with Gasteiger partial charge in [-0.2, -0.15) is 0 Å². The molecule has 0 aliphatic heterocycles. The Morgan fingerprint density at radius 2 is 1.82 bits per heavy atom. The standard InChI is InChI=1S/C20H12O2/c21-13-9-12-4-2-6-15-18(12)16(10-13)14-5-1-3-11-7-8-17(22)20(15)19(11)14/h1-8,10,20H,9H2. The maximum atomic E-state index is 12.6. The zero-order valence-corrected chi connectivity index (χ0v) is 11.8. The Hall–Kier alpha value is -2.74. The van der Waals surface area contributed by atoms with Crippen LogP contribution in [-0.4, -0.2) is 11.6 Å². The minimum atomic E-state index is -0.225. The fraction of sp³-hybridized carbons (Fsp3) is 0.100. The summed E-state index contributed by atoms with van der Waals surface area (Å²) >= 11 is 0. The molecule has 0 fully saturated rings. The lowest BCUT2D eigenvalue weighted by Crippen LogP contribution is -2.26. The van der Waals surface area contributed by atoms with Gasteiger partial charge >= 0.3 is 0 Å². The van der Waals surface area contributed by atoms with Crippen LogP contribution in [0, 0.1) is 0 Å². The van der Waals surface area contributed by atoms with Crippen LogP contribution in [0.3, 0.4) is 0 Å². The Bertz CT molecular complexity index is 944. The summed E-state index contributed by atoms with van der Waals surface area (Å²) in [7, 11) is 0. The first-order valence-corrected chi connectivity index (χ1v) is 7.46. The summed E-state index contributed by atoms with van der Waals surface area (Å²) < 4.78 is 0. The molecule has 1 unspecified atom stereocenters. The van der Waals surface area contributed by atoms with Crippen molar-refractivity contribution in [2.45, 2.75) is 12.3 Å². The highest BCUT2D eigenvalue weighted by Gasteiger charge is 2.37. The van der Waals surface area contributed by atoms with Crippen LogP contribution in [0.25, 0.3) is 11.6 Å². The SMILES string of the molecule is O=C1C=C2c3cccc4c3C(C(=O)C=C4)c3cccc(c32)C1. The molecular weight excluding hydrogens is 272 g/mol. The molecule has 0 bridgehead atoms. The predicted molar refractivity (Wildman–Crippen MR) is 84.6 cm³/mol. The molecule has 2 nitrogen and oxygen atoms in total. The molecule has 0 saturated heterocycles. The maximum absolute atomic E-state index is 12.6. The molecule has 0 radical (unpaired) electrons. The second-order valence-electron chi connectivity index (χ2n) is 6.06. The van der Waals surface area contributed by atoms with Gasteiger partial charge in [0, 0.05) is 6.42 Å². The first-order chi connectivity index (χ1) is 10.7. The number of hydrogen-bond acceptors (Lipinski definition) is 2. The van der Waals surface area contributed by atoms with Gasteiger partial charge in [-0.15, -0.1) is 0 Å². The lowest BCUT2D eigenvalue weighted by Gasteiger charge is -2.34. The Morgan fingerprint density at radius 1 is 0.955 bits per heavy atom. The fourth-order valence-corrected chi connectivity index (χ4v) is 4.03. The van der Waals surface area contributed by atoms with Gasteiger partial charge < -0.3 is 0 Å². The van der Waals surface area contributed by atoms with Crippen molar-refractivity contribution < 1.29 is 9.59 Å². The van der Waals surface area contributed by atoms with Crippen molar-refractivity contribution in [3.05, 3.63) is 81.9 Å². The molecule has 0 heterocycles. The van der Waals surface area contributed by atoms with E-state index >= 15 is 0 Å². The highest BCUT2D eigenvalue weighted by molar-refractivity contribution is 6.12. The third-order valence-electron chi connectivity index (χ3n) is 4.86. The van der Waals surface area contributed by atoms with Crippen molar-refractivity contribution in [3.8, 4) is 0 Å². The number of carbonyl (C=O) groups excluding carboxylic acids is 2. The molecule has 5 rings (SSSR count). The highest BCUT2D eigenvalue weighted by atomic mass is 16.1. The van der Waals surface area contributed by atoms with E-state index in [1.807, 2.05) is 42.5 Å². The highest BCUT2D eigenvalue weighted by Crippen LogP contribution is 2.48. The average Bonchev–Trinajstić information content (AvgIpc) is 2.52. The van der Waals surface area contributed by atoms with Gasteiger partial charge in [0.15, 0.2) is 11.6 Å². The molecule has 104 valence electrons. The van der Waals surface area contributed by atoms with E-state index in [9.17, 15) is 9.59 Å². The third-order valence-corrected chi connectivity index (χ3v) is 4.86. The molecule has 22 heavy (non-hydrogen) atoms. The van der Waals surface area contributed by atoms with E-state index in [0.717, 1.165) is 39.0 Å². The third kappa shape index (κ3) is 1.34. The minimum Gasteiger partial charge on any atom is -0.294 e. The number of carbonyl (C=O) groups is 2. The van der Waals surface area contributed by atoms with Gasteiger partial charge in [0.2, 0.25) is 0 Å². The van der Waals surface area contributed by atoms with Gasteiger partial charge in [0.25, 0.3) is 0 Å². The van der Waals surface area contributed by atoms with Crippen LogP contribution in [0.4, 0.5) is 0 Å². The quantitative estimate of drug-likeness (QED) is 0.744. The zero-order valence-electron chi connectivity index (χ0n) is 11.8. The first kappa shape index (κ1) is 11.9. The van der Waals surface area contributed by atoms with Crippen LogP contribution in [0.2, 0.25) is 0 Å². The van der Waals surface area contributed by atoms with E-state index < -0.39 is 0 Å². The maximum Gasteiger partial charge on any atom is 0.167 e. The predicted octanol–water partition coefficient (Wildman–Crippen LogP) is 3.28. The summed E-state index contributed by atoms with van der Waals surface area (Å²) in [6.07, 6.45) is 5.75. The fourth-order valence-electron chi connectivity index (χ4n) is 4.03. The molecule has 2 aromatic carbocycles. The van der Waals surface area contributed by atoms with E-state index in [4.69, 9.17) is 0 Å². The summed E-state index contributed by atoms with van der Waals surface area (Å²) in [5.41, 5.74) is 7.34. The lowest BCUT2D eigenvalue weighted by molar-refractivity contribution is -0.115. The second kappa shape index (κ2) is 3.92. The van der Waals surface area contributed by atoms with Crippen molar-refractivity contribution in [1.29, 1.82) is 0 Å². The van der Waals surface area contributed by atoms with Crippen molar-refractivity contribution in [1.82, 2.24) is 0 Å². The second-order valence-corrected chi connectivity index (χ2v) is 6.06. The molecule has 0 saturated carbocycles. The van der Waals surface area contributed by atoms with E-state index in [1.54, 1.807) is 12.2 Å². The number of hydrogen-bond donors (Lipinski definition) is 0. The van der Waals surface area contributed by atoms with Crippen LogP contribution < -0.4 is 0 Å². The number of ketones is 2. The van der Waals surface area contributed by atoms with E-state index in [0.29, 0.717) is 6.42 Å². The molecule has 0 N–H and O–H groups in total. The zero-order chi connectivity index (χ0) is 14.8. The minimum absolute atomic E-state index is 0.129. The Balaban J connectivity index is 1.96. The molecule has 0 amide bonds. The molecule has 2 aromatic rings. The van der Waals surface area contributed by atoms with E-state index in [2.05, 4.69) is 0 Å². The smallest absolute Gasteiger partial charge is 0.167 e. The normalized spacial score (nSPS) is 20.4. The number of benzene rings is 2. The Labute approximate surface area is 127 Å². The van der Waals surface area contributed by atoms with Crippen molar-refractivity contribution in [2.75, 3.05) is 0 Å². The van der Waals surface area contributed by atoms with Crippen LogP contribution >= 0.6 is 0 Å². The van der Waals surface area contributed by atoms with Gasteiger partial charge in [-0.25, -0.2) is 0 Å². The van der Waals surface area contributed by atoms with Crippen molar-refractivity contribution in [2.24, 2.45) is 0 Å². The molecule has 2 heteroatoms. The summed E-state index contributed by atoms with van der Waals surface area (Å²) in [6, 6.07) is 12.1. The Morgan fingerprint density at radius 3 is 2.73 bits per heavy atom. The summed E-state index contributed by atoms with van der Waals surface area (Å²) in [5, 5.41) is 0. The molecule has 1 atom stereocenters. The van der Waals surface area contributed by atoms with Crippen molar-refractivity contribution >= 4 is 23.2 Å². The van der Waals surface area contributed by atoms with Crippen LogP contribution in [0.5, 0.6) is 0 Å². The summed E-state index contributed by atoms with van der Waals surface area (Å²) in [5.74, 6) is 0.0363. The van der Waals surface area contributed by atoms with Gasteiger partial charge in [-0.05, 0) is 51.1 Å². The van der Waals surface area contributed by atoms with Crippen LogP contribution in [0.1, 0.15) is 39.3 Å². The van der Waals surface area contributed by atoms with Gasteiger partial charge in [-0.1, -0.05) is 42.5 Å². The molecule has 0 aromatic heterocycles. The number of fused-ring (bicyclic) bond motifs is 2. The van der Waals surface area contributed by atoms with Crippen LogP contribution in [-0.2, 0) is 16.0 Å². The molecule has 3 aliphatic rings.